The van der Waals surface area contributed by atoms with Crippen LogP contribution in [0.2, 0.25) is 40.7 Å². The molecule has 0 fully saturated rings. The van der Waals surface area contributed by atoms with Crippen LogP contribution in [0.1, 0.15) is 77.9 Å². The van der Waals surface area contributed by atoms with Gasteiger partial charge in [0, 0.05) is 77.6 Å². The molecule has 43 heteroatoms. The fourth-order valence-electron chi connectivity index (χ4n) is 9.41. The Morgan fingerprint density at radius 1 is 0.492 bits per heavy atom. The molecular formula is C85H73Cl10N23O6S4. The third kappa shape index (κ3) is 37.0. The predicted molar refractivity (Wildman–Crippen MR) is 517 cm³/mol. The maximum Gasteiger partial charge on any atom is 0.269 e. The zero-order valence-electron chi connectivity index (χ0n) is 67.5. The number of aromatic amines is 2. The molecule has 0 radical (unpaired) electrons. The molecule has 12 N–H and O–H groups in total. The Labute approximate surface area is 805 Å². The third-order valence-electron chi connectivity index (χ3n) is 15.3. The van der Waals surface area contributed by atoms with E-state index in [0.29, 0.717) is 102 Å². The van der Waals surface area contributed by atoms with Crippen molar-refractivity contribution in [3.63, 3.8) is 0 Å². The van der Waals surface area contributed by atoms with Gasteiger partial charge in [-0.05, 0) is 203 Å². The number of ketones is 1. The normalized spacial score (nSPS) is 9.62. The van der Waals surface area contributed by atoms with Gasteiger partial charge >= 0.3 is 0 Å². The first kappa shape index (κ1) is 106. The quantitative estimate of drug-likeness (QED) is 0.00666. The molecule has 7 aromatic carbocycles. The number of para-hydroxylation sites is 4. The third-order valence-corrected chi connectivity index (χ3v) is 18.8. The van der Waals surface area contributed by atoms with E-state index in [1.807, 2.05) is 148 Å². The van der Waals surface area contributed by atoms with E-state index in [0.717, 1.165) is 39.2 Å². The number of nitriles is 2. The lowest BCUT2D eigenvalue weighted by atomic mass is 10.1. The number of H-pyrrole nitrogens is 2. The number of nitrogens with two attached hydrogens (primary N) is 2. The summed E-state index contributed by atoms with van der Waals surface area (Å²) in [6.45, 7) is 8.83. The smallest absolute Gasteiger partial charge is 0.269 e. The first-order valence-corrected chi connectivity index (χ1v) is 42.0. The number of isothiocyanates is 1. The number of aryl methyl sites for hydroxylation is 3. The summed E-state index contributed by atoms with van der Waals surface area (Å²) in [5.41, 5.74) is 19.2. The van der Waals surface area contributed by atoms with Crippen LogP contribution < -0.4 is 44.0 Å². The zero-order valence-corrected chi connectivity index (χ0v) is 78.4. The molecule has 0 bridgehead atoms. The number of alkyl halides is 2. The van der Waals surface area contributed by atoms with Crippen LogP contribution in [0.15, 0.2) is 253 Å². The van der Waals surface area contributed by atoms with Crippen LogP contribution in [0.3, 0.4) is 0 Å². The van der Waals surface area contributed by atoms with E-state index < -0.39 is 5.91 Å². The van der Waals surface area contributed by atoms with Crippen molar-refractivity contribution in [2.75, 3.05) is 17.7 Å². The molecule has 658 valence electrons. The maximum atomic E-state index is 12.0. The minimum atomic E-state index is -0.447. The molecule has 0 aliphatic carbocycles. The number of carbonyl (C=O) groups excluding carboxylic acids is 5. The number of hydrogen-bond acceptors (Lipinski definition) is 23. The topological polar surface area (TPSA) is 427 Å². The molecule has 0 saturated heterocycles. The highest BCUT2D eigenvalue weighted by Gasteiger charge is 2.17. The van der Waals surface area contributed by atoms with Gasteiger partial charge in [0.15, 0.2) is 32.1 Å². The van der Waals surface area contributed by atoms with Gasteiger partial charge in [-0.2, -0.15) is 25.7 Å². The van der Waals surface area contributed by atoms with Crippen molar-refractivity contribution in [3.05, 3.63) is 338 Å². The molecular weight excluding hydrogens is 1920 g/mol. The average Bonchev–Trinajstić information content (AvgIpc) is 1.59. The van der Waals surface area contributed by atoms with Crippen LogP contribution in [0, 0.1) is 53.0 Å². The number of anilines is 1. The number of benzene rings is 7. The van der Waals surface area contributed by atoms with E-state index in [4.69, 9.17) is 179 Å². The summed E-state index contributed by atoms with van der Waals surface area (Å²) in [4.78, 5) is 75.0. The van der Waals surface area contributed by atoms with E-state index in [-0.39, 0.29) is 52.1 Å². The Morgan fingerprint density at radius 3 is 1.32 bits per heavy atom. The van der Waals surface area contributed by atoms with Gasteiger partial charge in [0.2, 0.25) is 11.8 Å². The molecule has 0 spiro atoms. The fraction of sp³-hybridized carbons (Fsp3) is 0.0941. The Morgan fingerprint density at radius 2 is 0.898 bits per heavy atom. The van der Waals surface area contributed by atoms with Crippen LogP contribution in [0.5, 0.6) is 0 Å². The molecule has 4 amide bonds. The molecule has 7 aromatic heterocycles. The number of halogens is 10. The average molecular weight is 2000 g/mol. The van der Waals surface area contributed by atoms with Gasteiger partial charge < -0.3 is 15.1 Å². The Bertz CT molecular complexity index is 6120. The molecule has 14 aromatic rings. The molecule has 0 aliphatic rings. The first-order chi connectivity index (χ1) is 61.5. The van der Waals surface area contributed by atoms with Crippen LogP contribution in [-0.2, 0) is 10.7 Å². The Balaban J connectivity index is 0.000000260. The number of hydrogen-bond donors (Lipinski definition) is 10. The second-order valence-electron chi connectivity index (χ2n) is 24.4. The van der Waals surface area contributed by atoms with Crippen molar-refractivity contribution in [2.24, 2.45) is 16.7 Å². The van der Waals surface area contributed by atoms with Crippen molar-refractivity contribution in [3.8, 4) is 57.7 Å². The highest BCUT2D eigenvalue weighted by molar-refractivity contribution is 7.80. The van der Waals surface area contributed by atoms with Crippen LogP contribution in [0.4, 0.5) is 11.4 Å². The van der Waals surface area contributed by atoms with E-state index in [2.05, 4.69) is 99.8 Å². The lowest BCUT2D eigenvalue weighted by Gasteiger charge is -2.11. The number of rotatable bonds is 15. The monoisotopic (exact) mass is 1990 g/mol. The van der Waals surface area contributed by atoms with Crippen molar-refractivity contribution < 1.29 is 28.4 Å². The molecule has 0 saturated carbocycles. The molecule has 0 atom stereocenters. The summed E-state index contributed by atoms with van der Waals surface area (Å²) in [6, 6.07) is 68.0. The summed E-state index contributed by atoms with van der Waals surface area (Å²) in [6.07, 6.45) is 6.15. The number of nitrogens with one attached hydrogen (secondary N) is 8. The van der Waals surface area contributed by atoms with Crippen molar-refractivity contribution in [1.82, 2.24) is 86.7 Å². The molecule has 29 nitrogen and oxygen atoms in total. The molecule has 7 heterocycles. The van der Waals surface area contributed by atoms with Gasteiger partial charge in [-0.15, -0.1) is 33.4 Å². The number of thiocarbonyl (C=S) groups is 2. The maximum absolute atomic E-state index is 12.0. The van der Waals surface area contributed by atoms with Gasteiger partial charge in [-0.25, -0.2) is 31.6 Å². The number of pyridine rings is 4. The van der Waals surface area contributed by atoms with Crippen LogP contribution in [-0.4, -0.2) is 112 Å². The number of hydrazine groups is 3. The summed E-state index contributed by atoms with van der Waals surface area (Å²) in [5, 5.41) is 48.3. The number of aromatic nitrogens is 12. The number of Topliss-reactive ketones (excluding diaryl/α,β-unsaturated/α-hetero) is 1. The number of aliphatic imine (C=N–C) groups is 1. The van der Waals surface area contributed by atoms with Gasteiger partial charge in [0.05, 0.1) is 66.7 Å². The largest absolute Gasteiger partial charge is 0.419 e. The summed E-state index contributed by atoms with van der Waals surface area (Å²) in [7, 11) is 0. The highest BCUT2D eigenvalue weighted by atomic mass is 35.5. The minimum Gasteiger partial charge on any atom is -0.419 e. The fourth-order valence-corrected chi connectivity index (χ4v) is 11.8. The molecule has 14 rings (SSSR count). The molecule has 0 unspecified atom stereocenters. The lowest BCUT2D eigenvalue weighted by molar-refractivity contribution is -0.119. The summed E-state index contributed by atoms with van der Waals surface area (Å²) < 4.78 is 9.76. The molecule has 128 heavy (non-hydrogen) atoms. The second-order valence-corrected chi connectivity index (χ2v) is 29.5. The number of nitrogen functional groups attached to an aromatic ring is 2. The van der Waals surface area contributed by atoms with Crippen LogP contribution >= 0.6 is 165 Å². The first-order valence-electron chi connectivity index (χ1n) is 36.3. The van der Waals surface area contributed by atoms with Crippen molar-refractivity contribution in [1.29, 1.82) is 10.5 Å². The Hall–Kier alpha value is -12.2. The predicted octanol–water partition coefficient (Wildman–Crippen LogP) is 21.0. The van der Waals surface area contributed by atoms with Crippen molar-refractivity contribution >= 4 is 216 Å². The standard InChI is InChI=1S/C14H11Cl2N3OS.2C13H8Cl2N4S.C10H11ClN2O2.C10H9ClN2O.C8H10N2O.C7H4ClNS.C6H6ClN3O.2C2H3N/c15-10-3-1-2-4-11(10)19-14(21)18-8-12(20)9-5-6-17-13(16)7-9;2*14-9-3-1-2-4-10(9)19-12(17-18-13(19)20)8-5-6-16-11(15)7-8;1-7-2-4-8(5-3-7)10(15)13-12-9(14)6-11;1-7-2-4-8(5-3-7)10-13-12-9(6-11)14-10;1-6-2-4-7(5-3-6)8(11)10-9;8-6-3-1-2-4-7(6)9-5-10;7-5-3-4(1-2-9-5)6(11)10-8;2*1-2-3/h1-7H,8H2,(H2,18,19,21);2*1-7H,(H,18,20);2-5H,6H2,1H3,(H,12,14)(H,13,15);2-5H,6H2,1H3;2-5H,9H2,1H3,(H,10,11);1-4H;1-3H,8H2,(H,10,11);2*1H3. The lowest BCUT2D eigenvalue weighted by Crippen LogP contribution is -2.42. The van der Waals surface area contributed by atoms with Crippen LogP contribution in [0.25, 0.3) is 45.6 Å². The van der Waals surface area contributed by atoms with Gasteiger partial charge in [0.25, 0.3) is 23.6 Å². The second kappa shape index (κ2) is 58.3. The van der Waals surface area contributed by atoms with Gasteiger partial charge in [-0.1, -0.05) is 194 Å². The van der Waals surface area contributed by atoms with E-state index in [9.17, 15) is 24.0 Å². The summed E-state index contributed by atoms with van der Waals surface area (Å²) >= 11 is 78.2. The van der Waals surface area contributed by atoms with Gasteiger partial charge in [0.1, 0.15) is 32.4 Å². The zero-order chi connectivity index (χ0) is 94.0. The Kier molecular flexibility index (Phi) is 48.4. The summed E-state index contributed by atoms with van der Waals surface area (Å²) in [5.74, 6) is 10.5. The SMILES string of the molecule is CC#N.CC#N.Cc1ccc(-c2nnc(CCl)o2)cc1.Cc1ccc(C(=O)NN)cc1.Cc1ccc(C(=O)NNC(=O)CCl)cc1.NNC(=O)c1ccnc(Cl)c1.O=C(CNC(=S)Nc1ccccc1Cl)c1ccnc(Cl)c1.S=C=Nc1ccccc1Cl.S=c1[nH]nc(-c2ccnc(Cl)c2)n1-c1ccccc1Cl.S=c1[nH]nc(-c2ccnc(Cl)c2)n1-c1ccccc1Cl. The van der Waals surface area contributed by atoms with E-state index in [1.54, 1.807) is 113 Å². The number of nitrogens with zero attached hydrogens (tertiary/aromatic N) is 13. The van der Waals surface area contributed by atoms with Gasteiger partial charge in [-0.3, -0.25) is 65.0 Å². The number of amides is 4. The molecule has 0 aliphatic heterocycles. The van der Waals surface area contributed by atoms with E-state index in [1.165, 1.54) is 50.0 Å². The number of carbonyl (C=O) groups is 5. The minimum absolute atomic E-state index is 0.0522. The van der Waals surface area contributed by atoms with E-state index >= 15 is 0 Å². The van der Waals surface area contributed by atoms with Crippen molar-refractivity contribution in [2.45, 2.75) is 40.5 Å². The highest BCUT2D eigenvalue weighted by Crippen LogP contribution is 2.30.